The molecule has 0 bridgehead atoms. The number of benzene rings is 1. The summed E-state index contributed by atoms with van der Waals surface area (Å²) in [4.78, 5) is 26.2. The van der Waals surface area contributed by atoms with Crippen LogP contribution in [0.3, 0.4) is 0 Å². The molecule has 1 heterocycles. The van der Waals surface area contributed by atoms with Crippen molar-refractivity contribution in [1.29, 1.82) is 0 Å². The molecule has 1 saturated heterocycles. The summed E-state index contributed by atoms with van der Waals surface area (Å²) in [7, 11) is 1.68. The van der Waals surface area contributed by atoms with Crippen LogP contribution < -0.4 is 10.6 Å². The van der Waals surface area contributed by atoms with E-state index in [1.54, 1.807) is 19.2 Å². The number of likely N-dealkylation sites (tertiary alicyclic amines) is 1. The normalized spacial score (nSPS) is 21.8. The number of non-ortho nitro benzene ring substituents is 1. The Labute approximate surface area is 129 Å². The minimum absolute atomic E-state index is 0.0165. The van der Waals surface area contributed by atoms with Crippen molar-refractivity contribution in [2.24, 2.45) is 11.1 Å². The highest BCUT2D eigenvalue weighted by atomic mass is 16.6. The maximum absolute atomic E-state index is 12.3. The van der Waals surface area contributed by atoms with Crippen molar-refractivity contribution in [3.63, 3.8) is 0 Å². The maximum Gasteiger partial charge on any atom is 0.269 e. The van der Waals surface area contributed by atoms with Gasteiger partial charge < -0.3 is 10.6 Å². The third kappa shape index (κ3) is 3.61. The standard InChI is InChI=1S/C15H22N4O3/c1-15(10-16)7-8-18(11-15)9-14(20)17(2)12-3-5-13(6-4-12)19(21)22/h3-6H,7-11,16H2,1-2H3. The van der Waals surface area contributed by atoms with Gasteiger partial charge in [0.1, 0.15) is 0 Å². The van der Waals surface area contributed by atoms with E-state index in [1.165, 1.54) is 17.0 Å². The SMILES string of the molecule is CN(C(=O)CN1CCC(C)(CN)C1)c1ccc([N+](=O)[O-])cc1. The maximum atomic E-state index is 12.3. The second-order valence-corrected chi connectivity index (χ2v) is 6.20. The van der Waals surface area contributed by atoms with Crippen molar-refractivity contribution in [3.8, 4) is 0 Å². The molecule has 1 aromatic carbocycles. The number of carbonyl (C=O) groups is 1. The number of nitrogens with two attached hydrogens (primary N) is 1. The van der Waals surface area contributed by atoms with E-state index in [0.717, 1.165) is 19.5 Å². The van der Waals surface area contributed by atoms with Gasteiger partial charge in [0, 0.05) is 31.4 Å². The molecule has 0 aliphatic carbocycles. The third-order valence-corrected chi connectivity index (χ3v) is 4.31. The number of nitro benzene ring substituents is 1. The van der Waals surface area contributed by atoms with E-state index < -0.39 is 4.92 Å². The van der Waals surface area contributed by atoms with Crippen molar-refractivity contribution < 1.29 is 9.72 Å². The number of rotatable bonds is 5. The summed E-state index contributed by atoms with van der Waals surface area (Å²) in [5.74, 6) is -0.0323. The lowest BCUT2D eigenvalue weighted by Crippen LogP contribution is -2.39. The predicted octanol–water partition coefficient (Wildman–Crippen LogP) is 1.23. The van der Waals surface area contributed by atoms with Gasteiger partial charge in [-0.1, -0.05) is 6.92 Å². The molecular weight excluding hydrogens is 284 g/mol. The summed E-state index contributed by atoms with van der Waals surface area (Å²) >= 11 is 0. The van der Waals surface area contributed by atoms with Gasteiger partial charge in [-0.25, -0.2) is 0 Å². The van der Waals surface area contributed by atoms with Gasteiger partial charge in [-0.3, -0.25) is 19.8 Å². The molecule has 0 saturated carbocycles. The lowest BCUT2D eigenvalue weighted by atomic mass is 9.90. The molecule has 0 radical (unpaired) electrons. The van der Waals surface area contributed by atoms with Crippen LogP contribution in [0.15, 0.2) is 24.3 Å². The summed E-state index contributed by atoms with van der Waals surface area (Å²) in [6, 6.07) is 5.98. The summed E-state index contributed by atoms with van der Waals surface area (Å²) in [5.41, 5.74) is 6.53. The van der Waals surface area contributed by atoms with Gasteiger partial charge in [0.2, 0.25) is 5.91 Å². The Hall–Kier alpha value is -1.99. The Morgan fingerprint density at radius 1 is 1.45 bits per heavy atom. The number of nitrogens with zero attached hydrogens (tertiary/aromatic N) is 3. The number of hydrogen-bond acceptors (Lipinski definition) is 5. The second-order valence-electron chi connectivity index (χ2n) is 6.20. The Bertz CT molecular complexity index is 560. The molecule has 1 fully saturated rings. The van der Waals surface area contributed by atoms with Crippen LogP contribution in [0.2, 0.25) is 0 Å². The number of carbonyl (C=O) groups excluding carboxylic acids is 1. The van der Waals surface area contributed by atoms with Crippen LogP contribution in [0, 0.1) is 15.5 Å². The van der Waals surface area contributed by atoms with E-state index in [-0.39, 0.29) is 17.0 Å². The first-order valence-electron chi connectivity index (χ1n) is 7.28. The minimum atomic E-state index is -0.455. The molecule has 0 aromatic heterocycles. The first kappa shape index (κ1) is 16.4. The zero-order valence-corrected chi connectivity index (χ0v) is 13.0. The van der Waals surface area contributed by atoms with Crippen LogP contribution in [0.4, 0.5) is 11.4 Å². The predicted molar refractivity (Wildman–Crippen MR) is 84.7 cm³/mol. The summed E-state index contributed by atoms with van der Waals surface area (Å²) < 4.78 is 0. The molecule has 7 heteroatoms. The monoisotopic (exact) mass is 306 g/mol. The minimum Gasteiger partial charge on any atom is -0.330 e. The van der Waals surface area contributed by atoms with Gasteiger partial charge >= 0.3 is 0 Å². The van der Waals surface area contributed by atoms with Crippen LogP contribution >= 0.6 is 0 Å². The largest absolute Gasteiger partial charge is 0.330 e. The molecule has 1 aliphatic rings. The first-order chi connectivity index (χ1) is 10.3. The van der Waals surface area contributed by atoms with Gasteiger partial charge in [-0.2, -0.15) is 0 Å². The Morgan fingerprint density at radius 3 is 2.59 bits per heavy atom. The molecule has 1 aromatic rings. The molecule has 22 heavy (non-hydrogen) atoms. The van der Waals surface area contributed by atoms with Crippen LogP contribution in [0.25, 0.3) is 0 Å². The number of hydrogen-bond donors (Lipinski definition) is 1. The van der Waals surface area contributed by atoms with Crippen molar-refractivity contribution in [3.05, 3.63) is 34.4 Å². The van der Waals surface area contributed by atoms with Gasteiger partial charge in [0.15, 0.2) is 0 Å². The molecule has 0 spiro atoms. The van der Waals surface area contributed by atoms with Gasteiger partial charge in [-0.15, -0.1) is 0 Å². The summed E-state index contributed by atoms with van der Waals surface area (Å²) in [6.45, 7) is 4.79. The van der Waals surface area contributed by atoms with Crippen LogP contribution in [0.5, 0.6) is 0 Å². The summed E-state index contributed by atoms with van der Waals surface area (Å²) in [5, 5.41) is 10.6. The topological polar surface area (TPSA) is 92.7 Å². The van der Waals surface area contributed by atoms with E-state index in [9.17, 15) is 14.9 Å². The molecule has 120 valence electrons. The van der Waals surface area contributed by atoms with Crippen molar-refractivity contribution >= 4 is 17.3 Å². The van der Waals surface area contributed by atoms with E-state index in [4.69, 9.17) is 5.73 Å². The summed E-state index contributed by atoms with van der Waals surface area (Å²) in [6.07, 6.45) is 0.998. The fraction of sp³-hybridized carbons (Fsp3) is 0.533. The van der Waals surface area contributed by atoms with Gasteiger partial charge in [0.05, 0.1) is 11.5 Å². The lowest BCUT2D eigenvalue weighted by Gasteiger charge is -2.24. The van der Waals surface area contributed by atoms with Gasteiger partial charge in [-0.05, 0) is 37.1 Å². The molecule has 2 N–H and O–H groups in total. The Morgan fingerprint density at radius 2 is 2.09 bits per heavy atom. The fourth-order valence-corrected chi connectivity index (χ4v) is 2.67. The number of anilines is 1. The van der Waals surface area contributed by atoms with E-state index >= 15 is 0 Å². The quantitative estimate of drug-likeness (QED) is 0.652. The molecule has 7 nitrogen and oxygen atoms in total. The lowest BCUT2D eigenvalue weighted by molar-refractivity contribution is -0.384. The highest BCUT2D eigenvalue weighted by Crippen LogP contribution is 2.28. The smallest absolute Gasteiger partial charge is 0.269 e. The van der Waals surface area contributed by atoms with Crippen LogP contribution in [-0.2, 0) is 4.79 Å². The van der Waals surface area contributed by atoms with Crippen LogP contribution in [0.1, 0.15) is 13.3 Å². The molecular formula is C15H22N4O3. The van der Waals surface area contributed by atoms with Crippen LogP contribution in [-0.4, -0.2) is 49.0 Å². The molecule has 1 amide bonds. The average Bonchev–Trinajstić information content (AvgIpc) is 2.88. The van der Waals surface area contributed by atoms with Gasteiger partial charge in [0.25, 0.3) is 5.69 Å². The van der Waals surface area contributed by atoms with E-state index in [2.05, 4.69) is 11.8 Å². The molecule has 1 aliphatic heterocycles. The Balaban J connectivity index is 1.96. The van der Waals surface area contributed by atoms with E-state index in [1.807, 2.05) is 0 Å². The molecule has 1 unspecified atom stereocenters. The molecule has 2 rings (SSSR count). The van der Waals surface area contributed by atoms with Crippen molar-refractivity contribution in [1.82, 2.24) is 4.90 Å². The zero-order valence-electron chi connectivity index (χ0n) is 13.0. The average molecular weight is 306 g/mol. The number of nitro groups is 1. The van der Waals surface area contributed by atoms with Crippen molar-refractivity contribution in [2.45, 2.75) is 13.3 Å². The van der Waals surface area contributed by atoms with E-state index in [0.29, 0.717) is 18.8 Å². The second kappa shape index (κ2) is 6.41. The molecule has 1 atom stereocenters. The van der Waals surface area contributed by atoms with Crippen molar-refractivity contribution in [2.75, 3.05) is 38.1 Å². The first-order valence-corrected chi connectivity index (χ1v) is 7.28. The fourth-order valence-electron chi connectivity index (χ4n) is 2.67. The number of likely N-dealkylation sites (N-methyl/N-ethyl adjacent to an activating group) is 1. The highest BCUT2D eigenvalue weighted by Gasteiger charge is 2.33. The Kier molecular flexibility index (Phi) is 4.77. The highest BCUT2D eigenvalue weighted by molar-refractivity contribution is 5.94. The third-order valence-electron chi connectivity index (χ3n) is 4.31. The number of amides is 1. The zero-order chi connectivity index (χ0) is 16.3.